The van der Waals surface area contributed by atoms with Gasteiger partial charge in [0.25, 0.3) is 0 Å². The first-order valence-corrected chi connectivity index (χ1v) is 18.6. The predicted molar refractivity (Wildman–Crippen MR) is 226 cm³/mol. The van der Waals surface area contributed by atoms with Crippen LogP contribution in [-0.4, -0.2) is 14.5 Å². The Kier molecular flexibility index (Phi) is 6.08. The molecule has 0 spiro atoms. The lowest BCUT2D eigenvalue weighted by Crippen LogP contribution is -2.20. The summed E-state index contributed by atoms with van der Waals surface area (Å²) in [6.07, 6.45) is -0.278. The Morgan fingerprint density at radius 1 is 0.389 bits per heavy atom. The molecule has 0 fully saturated rings. The van der Waals surface area contributed by atoms with Crippen molar-refractivity contribution in [2.24, 2.45) is 4.99 Å². The van der Waals surface area contributed by atoms with Crippen molar-refractivity contribution in [2.45, 2.75) is 6.17 Å². The summed E-state index contributed by atoms with van der Waals surface area (Å²) >= 11 is 0. The fourth-order valence-corrected chi connectivity index (χ4v) is 9.06. The SMILES string of the molecule is c1ccc(-c2ccc(C3=NC(c4ccc5c(c4)c4ccccc4n4c6ccccc6c6ccc7c8ccccc8n5c7c64)Nc4ccccc43)cc2)cc1. The standard InChI is InChI=1S/C50H32N4/c1-2-12-31(13-3-1)32-22-24-33(25-23-32)47-40-17-4-8-18-42(40)51-50(52-47)34-26-29-46-41(30-34)37-16-7-11-21-45(37)53-43-19-9-5-14-35(43)38-27-28-39-36-15-6-10-20-44(36)54(46)49(39)48(38)53/h1-30,50-51H. The highest BCUT2D eigenvalue weighted by Gasteiger charge is 2.24. The molecule has 1 aliphatic rings. The van der Waals surface area contributed by atoms with Crippen molar-refractivity contribution in [3.8, 4) is 11.1 Å². The Labute approximate surface area is 310 Å². The molecule has 0 bridgehead atoms. The van der Waals surface area contributed by atoms with E-state index in [9.17, 15) is 0 Å². The third-order valence-corrected chi connectivity index (χ3v) is 11.5. The highest BCUT2D eigenvalue weighted by Crippen LogP contribution is 2.42. The summed E-state index contributed by atoms with van der Waals surface area (Å²) in [4.78, 5) is 5.48. The van der Waals surface area contributed by atoms with Crippen molar-refractivity contribution < 1.29 is 0 Å². The van der Waals surface area contributed by atoms with Crippen molar-refractivity contribution in [3.05, 3.63) is 199 Å². The Morgan fingerprint density at radius 3 is 1.54 bits per heavy atom. The van der Waals surface area contributed by atoms with Crippen LogP contribution in [0.4, 0.5) is 5.69 Å². The van der Waals surface area contributed by atoms with E-state index in [2.05, 4.69) is 196 Å². The lowest BCUT2D eigenvalue weighted by molar-refractivity contribution is 0.830. The third-order valence-electron chi connectivity index (χ3n) is 11.5. The smallest absolute Gasteiger partial charge is 0.145 e. The quantitative estimate of drug-likeness (QED) is 0.197. The normalized spacial score (nSPS) is 14.4. The van der Waals surface area contributed by atoms with E-state index in [1.807, 2.05) is 0 Å². The monoisotopic (exact) mass is 688 g/mol. The molecule has 4 nitrogen and oxygen atoms in total. The van der Waals surface area contributed by atoms with Crippen LogP contribution in [-0.2, 0) is 0 Å². The minimum atomic E-state index is -0.278. The predicted octanol–water partition coefficient (Wildman–Crippen LogP) is 12.6. The molecule has 252 valence electrons. The number of para-hydroxylation sites is 4. The Bertz CT molecular complexity index is 3350. The van der Waals surface area contributed by atoms with Gasteiger partial charge in [0.05, 0.1) is 38.8 Å². The summed E-state index contributed by atoms with van der Waals surface area (Å²) in [5.41, 5.74) is 15.0. The van der Waals surface area contributed by atoms with Gasteiger partial charge in [-0.3, -0.25) is 4.99 Å². The number of nitrogens with one attached hydrogen (secondary N) is 1. The van der Waals surface area contributed by atoms with Crippen molar-refractivity contribution in [1.82, 2.24) is 8.80 Å². The summed E-state index contributed by atoms with van der Waals surface area (Å²) in [5.74, 6) is 0. The van der Waals surface area contributed by atoms with Gasteiger partial charge in [-0.05, 0) is 53.1 Å². The highest BCUT2D eigenvalue weighted by molar-refractivity contribution is 6.25. The molecule has 1 atom stereocenters. The molecular formula is C50H32N4. The largest absolute Gasteiger partial charge is 0.360 e. The maximum Gasteiger partial charge on any atom is 0.145 e. The minimum Gasteiger partial charge on any atom is -0.360 e. The number of hydrogen-bond donors (Lipinski definition) is 1. The highest BCUT2D eigenvalue weighted by atomic mass is 15.1. The van der Waals surface area contributed by atoms with Crippen molar-refractivity contribution in [1.29, 1.82) is 0 Å². The van der Waals surface area contributed by atoms with Crippen molar-refractivity contribution in [3.63, 3.8) is 0 Å². The lowest BCUT2D eigenvalue weighted by Gasteiger charge is -2.26. The molecule has 4 heteroatoms. The van der Waals surface area contributed by atoms with Gasteiger partial charge in [0.15, 0.2) is 0 Å². The zero-order valence-corrected chi connectivity index (χ0v) is 29.2. The van der Waals surface area contributed by atoms with E-state index in [1.165, 1.54) is 76.5 Å². The van der Waals surface area contributed by atoms with Crippen molar-refractivity contribution in [2.75, 3.05) is 5.32 Å². The van der Waals surface area contributed by atoms with E-state index < -0.39 is 0 Å². The average Bonchev–Trinajstić information content (AvgIpc) is 3.76. The zero-order valence-electron chi connectivity index (χ0n) is 29.2. The lowest BCUT2D eigenvalue weighted by atomic mass is 9.95. The van der Waals surface area contributed by atoms with Gasteiger partial charge in [-0.1, -0.05) is 146 Å². The summed E-state index contributed by atoms with van der Waals surface area (Å²) in [6.45, 7) is 0. The number of aromatic nitrogens is 2. The van der Waals surface area contributed by atoms with Gasteiger partial charge < -0.3 is 14.1 Å². The molecule has 1 aliphatic heterocycles. The van der Waals surface area contributed by atoms with Crippen LogP contribution in [0.2, 0.25) is 0 Å². The molecule has 0 radical (unpaired) electrons. The summed E-state index contributed by atoms with van der Waals surface area (Å²) in [7, 11) is 0. The molecular weight excluding hydrogens is 657 g/mol. The van der Waals surface area contributed by atoms with E-state index in [-0.39, 0.29) is 6.17 Å². The molecule has 1 unspecified atom stereocenters. The second kappa shape index (κ2) is 11.2. The second-order valence-corrected chi connectivity index (χ2v) is 14.4. The summed E-state index contributed by atoms with van der Waals surface area (Å²) in [5, 5.41) is 11.2. The first-order chi connectivity index (χ1) is 26.8. The maximum atomic E-state index is 5.48. The maximum absolute atomic E-state index is 5.48. The first kappa shape index (κ1) is 29.4. The van der Waals surface area contributed by atoms with Gasteiger partial charge in [-0.15, -0.1) is 0 Å². The fraction of sp³-hybridized carbons (Fsp3) is 0.0200. The first-order valence-electron chi connectivity index (χ1n) is 18.6. The van der Waals surface area contributed by atoms with Gasteiger partial charge >= 0.3 is 0 Å². The van der Waals surface area contributed by atoms with E-state index in [0.29, 0.717) is 0 Å². The molecule has 8 aromatic carbocycles. The molecule has 54 heavy (non-hydrogen) atoms. The molecule has 0 saturated carbocycles. The zero-order chi connectivity index (χ0) is 35.3. The molecule has 4 heterocycles. The topological polar surface area (TPSA) is 33.2 Å². The van der Waals surface area contributed by atoms with Gasteiger partial charge in [0.2, 0.25) is 0 Å². The Hall–Kier alpha value is -7.17. The third kappa shape index (κ3) is 4.11. The number of rotatable bonds is 3. The van der Waals surface area contributed by atoms with Crippen LogP contribution in [0.25, 0.3) is 76.5 Å². The summed E-state index contributed by atoms with van der Waals surface area (Å²) < 4.78 is 5.00. The van der Waals surface area contributed by atoms with Gasteiger partial charge in [0.1, 0.15) is 6.17 Å². The van der Waals surface area contributed by atoms with Gasteiger partial charge in [-0.2, -0.15) is 0 Å². The van der Waals surface area contributed by atoms with E-state index in [4.69, 9.17) is 4.99 Å². The summed E-state index contributed by atoms with van der Waals surface area (Å²) in [6, 6.07) is 66.0. The van der Waals surface area contributed by atoms with Crippen molar-refractivity contribution >= 4 is 76.8 Å². The van der Waals surface area contributed by atoms with Crippen LogP contribution < -0.4 is 5.32 Å². The molecule has 11 aromatic rings. The number of anilines is 1. The number of aliphatic imine (C=N–C) groups is 1. The fourth-order valence-electron chi connectivity index (χ4n) is 9.06. The van der Waals surface area contributed by atoms with Crippen LogP contribution in [0, 0.1) is 0 Å². The number of benzene rings is 8. The second-order valence-electron chi connectivity index (χ2n) is 14.4. The molecule has 0 amide bonds. The van der Waals surface area contributed by atoms with Gasteiger partial charge in [-0.25, -0.2) is 0 Å². The van der Waals surface area contributed by atoms with Gasteiger partial charge in [0, 0.05) is 49.1 Å². The molecule has 0 saturated heterocycles. The Morgan fingerprint density at radius 2 is 0.889 bits per heavy atom. The molecule has 0 aliphatic carbocycles. The number of fused-ring (bicyclic) bond motifs is 12. The minimum absolute atomic E-state index is 0.278. The number of hydrogen-bond acceptors (Lipinski definition) is 2. The van der Waals surface area contributed by atoms with E-state index >= 15 is 0 Å². The van der Waals surface area contributed by atoms with Crippen LogP contribution >= 0.6 is 0 Å². The van der Waals surface area contributed by atoms with Crippen LogP contribution in [0.15, 0.2) is 187 Å². The molecule has 12 rings (SSSR count). The average molecular weight is 689 g/mol. The number of nitrogens with zero attached hydrogens (tertiary/aromatic N) is 3. The van der Waals surface area contributed by atoms with E-state index in [0.717, 1.165) is 28.1 Å². The van der Waals surface area contributed by atoms with E-state index in [1.54, 1.807) is 0 Å². The molecule has 3 aromatic heterocycles. The van der Waals surface area contributed by atoms with Crippen LogP contribution in [0.5, 0.6) is 0 Å². The van der Waals surface area contributed by atoms with Crippen LogP contribution in [0.1, 0.15) is 22.9 Å². The van der Waals surface area contributed by atoms with Crippen LogP contribution in [0.3, 0.4) is 0 Å². The molecule has 1 N–H and O–H groups in total. The Balaban J connectivity index is 1.15.